The van der Waals surface area contributed by atoms with Gasteiger partial charge in [0, 0.05) is 39.9 Å². The Balaban J connectivity index is 1.66. The molecule has 3 nitrogen and oxygen atoms in total. The SMILES string of the molecule is CCCOc1ccc(NC2(Cc3cccc(Cl)c3)CNc3cc(Cl)ccc32)cc1. The van der Waals surface area contributed by atoms with Crippen LogP contribution in [-0.4, -0.2) is 13.2 Å². The average Bonchev–Trinajstić information content (AvgIpc) is 3.04. The summed E-state index contributed by atoms with van der Waals surface area (Å²) < 4.78 is 5.71. The molecule has 1 atom stereocenters. The Bertz CT molecular complexity index is 990. The Hall–Kier alpha value is -2.36. The van der Waals surface area contributed by atoms with Crippen LogP contribution in [-0.2, 0) is 12.0 Å². The van der Waals surface area contributed by atoms with Crippen LogP contribution in [0.2, 0.25) is 10.0 Å². The van der Waals surface area contributed by atoms with Crippen LogP contribution >= 0.6 is 23.2 Å². The summed E-state index contributed by atoms with van der Waals surface area (Å²) in [7, 11) is 0. The van der Waals surface area contributed by atoms with Gasteiger partial charge in [-0.15, -0.1) is 0 Å². The fourth-order valence-corrected chi connectivity index (χ4v) is 4.25. The molecule has 4 rings (SSSR count). The summed E-state index contributed by atoms with van der Waals surface area (Å²) in [6.07, 6.45) is 1.79. The number of hydrogen-bond acceptors (Lipinski definition) is 3. The molecule has 29 heavy (non-hydrogen) atoms. The van der Waals surface area contributed by atoms with Crippen LogP contribution in [0.25, 0.3) is 0 Å². The second-order valence-electron chi connectivity index (χ2n) is 7.43. The van der Waals surface area contributed by atoms with Crippen molar-refractivity contribution >= 4 is 34.6 Å². The topological polar surface area (TPSA) is 33.3 Å². The quantitative estimate of drug-likeness (QED) is 0.437. The fraction of sp³-hybridized carbons (Fsp3) is 0.250. The first-order valence-corrected chi connectivity index (χ1v) is 10.6. The van der Waals surface area contributed by atoms with E-state index in [1.54, 1.807) is 0 Å². The fourth-order valence-electron chi connectivity index (χ4n) is 3.86. The number of halogens is 2. The lowest BCUT2D eigenvalue weighted by molar-refractivity contribution is 0.317. The molecule has 0 radical (unpaired) electrons. The molecule has 3 aromatic rings. The Kier molecular flexibility index (Phi) is 5.89. The van der Waals surface area contributed by atoms with E-state index in [4.69, 9.17) is 27.9 Å². The van der Waals surface area contributed by atoms with E-state index in [1.165, 1.54) is 11.1 Å². The van der Waals surface area contributed by atoms with E-state index in [0.717, 1.165) is 53.2 Å². The van der Waals surface area contributed by atoms with Crippen LogP contribution in [0.3, 0.4) is 0 Å². The van der Waals surface area contributed by atoms with E-state index in [1.807, 2.05) is 42.5 Å². The van der Waals surface area contributed by atoms with Crippen LogP contribution < -0.4 is 15.4 Å². The van der Waals surface area contributed by atoms with Crippen LogP contribution in [0.5, 0.6) is 5.75 Å². The van der Waals surface area contributed by atoms with Gasteiger partial charge in [0.15, 0.2) is 0 Å². The van der Waals surface area contributed by atoms with Crippen molar-refractivity contribution in [3.63, 3.8) is 0 Å². The molecule has 0 saturated heterocycles. The summed E-state index contributed by atoms with van der Waals surface area (Å²) in [5.74, 6) is 0.887. The predicted molar refractivity (Wildman–Crippen MR) is 123 cm³/mol. The second kappa shape index (κ2) is 8.56. The standard InChI is InChI=1S/C24H24Cl2N2O/c1-2-12-29-21-9-7-20(8-10-21)28-24(15-17-4-3-5-18(25)13-17)16-27-23-14-19(26)6-11-22(23)24/h3-11,13-14,27-28H,2,12,15-16H2,1H3. The summed E-state index contributed by atoms with van der Waals surface area (Å²) in [6, 6.07) is 22.2. The monoisotopic (exact) mass is 426 g/mol. The van der Waals surface area contributed by atoms with Gasteiger partial charge in [-0.1, -0.05) is 48.3 Å². The number of fused-ring (bicyclic) bond motifs is 1. The van der Waals surface area contributed by atoms with Crippen molar-refractivity contribution in [3.05, 3.63) is 87.9 Å². The van der Waals surface area contributed by atoms with E-state index < -0.39 is 0 Å². The third-order valence-corrected chi connectivity index (χ3v) is 5.65. The molecule has 0 bridgehead atoms. The largest absolute Gasteiger partial charge is 0.494 e. The van der Waals surface area contributed by atoms with Crippen LogP contribution in [0.1, 0.15) is 24.5 Å². The highest BCUT2D eigenvalue weighted by molar-refractivity contribution is 6.31. The van der Waals surface area contributed by atoms with Crippen molar-refractivity contribution in [2.24, 2.45) is 0 Å². The third-order valence-electron chi connectivity index (χ3n) is 5.18. The summed E-state index contributed by atoms with van der Waals surface area (Å²) in [4.78, 5) is 0. The van der Waals surface area contributed by atoms with Gasteiger partial charge in [0.2, 0.25) is 0 Å². The average molecular weight is 427 g/mol. The zero-order valence-electron chi connectivity index (χ0n) is 16.3. The minimum Gasteiger partial charge on any atom is -0.494 e. The predicted octanol–water partition coefficient (Wildman–Crippen LogP) is 6.76. The Labute approximate surface area is 182 Å². The Morgan fingerprint density at radius 1 is 1.00 bits per heavy atom. The smallest absolute Gasteiger partial charge is 0.119 e. The van der Waals surface area contributed by atoms with Crippen molar-refractivity contribution in [2.45, 2.75) is 25.3 Å². The van der Waals surface area contributed by atoms with Crippen molar-refractivity contribution in [3.8, 4) is 5.75 Å². The lowest BCUT2D eigenvalue weighted by Gasteiger charge is -2.32. The lowest BCUT2D eigenvalue weighted by Crippen LogP contribution is -2.39. The Morgan fingerprint density at radius 2 is 1.79 bits per heavy atom. The second-order valence-corrected chi connectivity index (χ2v) is 8.30. The van der Waals surface area contributed by atoms with Gasteiger partial charge < -0.3 is 15.4 Å². The maximum absolute atomic E-state index is 6.25. The summed E-state index contributed by atoms with van der Waals surface area (Å²) in [5.41, 5.74) is 4.18. The minimum absolute atomic E-state index is 0.309. The van der Waals surface area contributed by atoms with Gasteiger partial charge in [-0.2, -0.15) is 0 Å². The number of hydrogen-bond donors (Lipinski definition) is 2. The van der Waals surface area contributed by atoms with E-state index in [9.17, 15) is 0 Å². The van der Waals surface area contributed by atoms with Gasteiger partial charge in [-0.3, -0.25) is 0 Å². The normalized spacial score (nSPS) is 17.5. The molecule has 0 saturated carbocycles. The first-order chi connectivity index (χ1) is 14.1. The first-order valence-electron chi connectivity index (χ1n) is 9.87. The lowest BCUT2D eigenvalue weighted by atomic mass is 9.85. The molecule has 0 fully saturated rings. The zero-order valence-corrected chi connectivity index (χ0v) is 17.9. The van der Waals surface area contributed by atoms with Gasteiger partial charge in [-0.05, 0) is 60.5 Å². The molecule has 5 heteroatoms. The molecule has 150 valence electrons. The molecule has 1 aliphatic rings. The van der Waals surface area contributed by atoms with Gasteiger partial charge in [0.1, 0.15) is 5.75 Å². The van der Waals surface area contributed by atoms with Crippen molar-refractivity contribution in [2.75, 3.05) is 23.8 Å². The third kappa shape index (κ3) is 4.47. The van der Waals surface area contributed by atoms with Crippen LogP contribution in [0, 0.1) is 0 Å². The molecule has 3 aromatic carbocycles. The molecular weight excluding hydrogens is 403 g/mol. The van der Waals surface area contributed by atoms with E-state index in [2.05, 4.69) is 41.8 Å². The molecule has 1 heterocycles. The molecule has 2 N–H and O–H groups in total. The zero-order chi connectivity index (χ0) is 20.3. The highest BCUT2D eigenvalue weighted by atomic mass is 35.5. The van der Waals surface area contributed by atoms with Crippen LogP contribution in [0.15, 0.2) is 66.7 Å². The van der Waals surface area contributed by atoms with E-state index in [0.29, 0.717) is 0 Å². The number of rotatable bonds is 7. The van der Waals surface area contributed by atoms with E-state index >= 15 is 0 Å². The van der Waals surface area contributed by atoms with Crippen molar-refractivity contribution < 1.29 is 4.74 Å². The van der Waals surface area contributed by atoms with Crippen molar-refractivity contribution in [1.29, 1.82) is 0 Å². The molecule has 1 unspecified atom stereocenters. The first kappa shape index (κ1) is 19.9. The highest BCUT2D eigenvalue weighted by Crippen LogP contribution is 2.41. The molecule has 0 spiro atoms. The molecule has 0 amide bonds. The minimum atomic E-state index is -0.309. The number of anilines is 2. The summed E-state index contributed by atoms with van der Waals surface area (Å²) >= 11 is 12.5. The molecular formula is C24H24Cl2N2O. The molecule has 0 aliphatic carbocycles. The number of nitrogens with one attached hydrogen (secondary N) is 2. The highest BCUT2D eigenvalue weighted by Gasteiger charge is 2.39. The van der Waals surface area contributed by atoms with Gasteiger partial charge in [-0.25, -0.2) is 0 Å². The molecule has 0 aromatic heterocycles. The Morgan fingerprint density at radius 3 is 2.55 bits per heavy atom. The molecule has 1 aliphatic heterocycles. The van der Waals surface area contributed by atoms with Gasteiger partial charge in [0.25, 0.3) is 0 Å². The van der Waals surface area contributed by atoms with Gasteiger partial charge >= 0.3 is 0 Å². The van der Waals surface area contributed by atoms with Gasteiger partial charge in [0.05, 0.1) is 12.1 Å². The summed E-state index contributed by atoms with van der Waals surface area (Å²) in [5, 5.41) is 8.78. The number of ether oxygens (including phenoxy) is 1. The van der Waals surface area contributed by atoms with Crippen molar-refractivity contribution in [1.82, 2.24) is 0 Å². The maximum atomic E-state index is 6.25. The maximum Gasteiger partial charge on any atom is 0.119 e. The summed E-state index contributed by atoms with van der Waals surface area (Å²) in [6.45, 7) is 3.58. The van der Waals surface area contributed by atoms with Crippen LogP contribution in [0.4, 0.5) is 11.4 Å². The van der Waals surface area contributed by atoms with E-state index in [-0.39, 0.29) is 5.54 Å². The number of benzene rings is 3.